The fraction of sp³-hybridized carbons (Fsp3) is 0.0323. The molecule has 0 amide bonds. The molecule has 0 fully saturated rings. The number of nitrogens with two attached hydrogens (primary N) is 2. The van der Waals surface area contributed by atoms with Crippen LogP contribution in [0.1, 0.15) is 5.56 Å². The van der Waals surface area contributed by atoms with E-state index >= 15 is 0 Å². The van der Waals surface area contributed by atoms with E-state index in [2.05, 4.69) is 20.5 Å². The van der Waals surface area contributed by atoms with Gasteiger partial charge in [-0.25, -0.2) is 0 Å². The number of phenols is 1. The number of nitrogen functional groups attached to an aromatic ring is 1. The minimum Gasteiger partial charge on any atom is -0.505 e. The number of hydrogen-bond acceptors (Lipinski definition) is 15. The van der Waals surface area contributed by atoms with Crippen molar-refractivity contribution in [2.24, 2.45) is 26.2 Å². The van der Waals surface area contributed by atoms with Crippen LogP contribution in [0, 0.1) is 0 Å². The summed E-state index contributed by atoms with van der Waals surface area (Å²) < 4.78 is 140. The Hall–Kier alpha value is -5.50. The summed E-state index contributed by atoms with van der Waals surface area (Å²) in [4.78, 5) is -3.81. The predicted octanol–water partition coefficient (Wildman–Crippen LogP) is 5.71. The number of fused-ring (bicyclic) bond motifs is 3. The largest absolute Gasteiger partial charge is 0.505 e. The lowest BCUT2D eigenvalue weighted by atomic mass is 10.0. The van der Waals surface area contributed by atoms with Crippen LogP contribution >= 0.6 is 0 Å². The van der Waals surface area contributed by atoms with E-state index in [1.807, 2.05) is 0 Å². The molecule has 0 aliphatic carbocycles. The SMILES string of the molecule is NCc1cccc2c(S(=O)(=O)O)c(N=Nc3c(S(=O)(=O)O)cc4cc(S(=O)(=O)O)c(N=Nc5ccc6ccccc6c5S(=O)(=O)O)c(N)c4c3O)ccc12. The van der Waals surface area contributed by atoms with Crippen molar-refractivity contribution < 1.29 is 57.0 Å². The Morgan fingerprint density at radius 2 is 1.06 bits per heavy atom. The van der Waals surface area contributed by atoms with E-state index in [4.69, 9.17) is 11.5 Å². The maximum absolute atomic E-state index is 12.5. The first-order valence-corrected chi connectivity index (χ1v) is 20.5. The van der Waals surface area contributed by atoms with Crippen molar-refractivity contribution in [3.05, 3.63) is 84.4 Å². The molecule has 0 radical (unpaired) electrons. The summed E-state index contributed by atoms with van der Waals surface area (Å²) in [5.74, 6) is -1.19. The van der Waals surface area contributed by atoms with Gasteiger partial charge in [0.05, 0.1) is 11.1 Å². The summed E-state index contributed by atoms with van der Waals surface area (Å²) in [6, 6.07) is 16.5. The second kappa shape index (κ2) is 13.4. The number of benzene rings is 6. The zero-order chi connectivity index (χ0) is 39.5. The van der Waals surface area contributed by atoms with Crippen LogP contribution in [-0.4, -0.2) is 57.0 Å². The quantitative estimate of drug-likeness (QED) is 0.0522. The molecule has 0 saturated heterocycles. The molecule has 280 valence electrons. The van der Waals surface area contributed by atoms with Crippen LogP contribution in [-0.2, 0) is 47.0 Å². The van der Waals surface area contributed by atoms with Crippen molar-refractivity contribution in [1.82, 2.24) is 0 Å². The highest BCUT2D eigenvalue weighted by molar-refractivity contribution is 7.87. The average molecular weight is 817 g/mol. The van der Waals surface area contributed by atoms with Crippen molar-refractivity contribution >= 4 is 101 Å². The zero-order valence-electron chi connectivity index (χ0n) is 26.8. The zero-order valence-corrected chi connectivity index (χ0v) is 30.1. The molecule has 0 heterocycles. The number of azo groups is 2. The molecule has 6 aromatic rings. The fourth-order valence-electron chi connectivity index (χ4n) is 5.80. The smallest absolute Gasteiger partial charge is 0.297 e. The second-order valence-corrected chi connectivity index (χ2v) is 16.9. The van der Waals surface area contributed by atoms with Crippen LogP contribution in [0.15, 0.2) is 119 Å². The van der Waals surface area contributed by atoms with Crippen LogP contribution in [0.3, 0.4) is 0 Å². The van der Waals surface area contributed by atoms with Crippen molar-refractivity contribution in [2.45, 2.75) is 26.1 Å². The molecule has 0 aromatic heterocycles. The van der Waals surface area contributed by atoms with Crippen LogP contribution < -0.4 is 11.5 Å². The topological polar surface area (TPSA) is 339 Å². The number of rotatable bonds is 9. The van der Waals surface area contributed by atoms with Crippen molar-refractivity contribution in [2.75, 3.05) is 5.73 Å². The molecule has 9 N–H and O–H groups in total. The molecule has 0 atom stereocenters. The Morgan fingerprint density at radius 1 is 0.537 bits per heavy atom. The summed E-state index contributed by atoms with van der Waals surface area (Å²) in [6.45, 7) is -0.0158. The molecule has 0 aliphatic heterocycles. The maximum Gasteiger partial charge on any atom is 0.297 e. The third kappa shape index (κ3) is 6.97. The molecule has 6 rings (SSSR count). The minimum atomic E-state index is -5.36. The van der Waals surface area contributed by atoms with Crippen LogP contribution in [0.4, 0.5) is 28.4 Å². The van der Waals surface area contributed by atoms with Crippen LogP contribution in [0.2, 0.25) is 0 Å². The molecule has 19 nitrogen and oxygen atoms in total. The monoisotopic (exact) mass is 816 g/mol. The third-order valence-corrected chi connectivity index (χ3v) is 11.7. The van der Waals surface area contributed by atoms with Gasteiger partial charge in [0.25, 0.3) is 40.5 Å². The average Bonchev–Trinajstić information content (AvgIpc) is 3.07. The predicted molar refractivity (Wildman–Crippen MR) is 193 cm³/mol. The van der Waals surface area contributed by atoms with E-state index < -0.39 is 105 Å². The highest BCUT2D eigenvalue weighted by Crippen LogP contribution is 2.49. The number of hydrogen-bond donors (Lipinski definition) is 7. The number of aromatic hydroxyl groups is 1. The maximum atomic E-state index is 12.5. The molecule has 0 aliphatic rings. The van der Waals surface area contributed by atoms with Crippen LogP contribution in [0.25, 0.3) is 32.3 Å². The van der Waals surface area contributed by atoms with Crippen molar-refractivity contribution in [3.63, 3.8) is 0 Å². The van der Waals surface area contributed by atoms with E-state index in [9.17, 15) is 57.0 Å². The Labute approximate surface area is 305 Å². The lowest BCUT2D eigenvalue weighted by Crippen LogP contribution is -2.04. The standard InChI is InChI=1S/C31H24N6O13S4/c32-14-16-5-3-7-20-18(16)9-11-22(31(20)54(48,49)50)35-37-28-24(52(42,43)44)13-17-12-23(51(39,40)41)27(26(33)25(17)29(28)38)36-34-21-10-8-15-4-1-2-6-19(15)30(21)53(45,46)47/h1-13,38H,14,32-33H2,(H,39,40,41)(H,42,43,44)(H,45,46,47)(H,48,49,50). The first-order valence-electron chi connectivity index (χ1n) is 14.7. The molecule has 54 heavy (non-hydrogen) atoms. The first kappa shape index (κ1) is 38.2. The molecular weight excluding hydrogens is 793 g/mol. The van der Waals surface area contributed by atoms with E-state index in [0.29, 0.717) is 28.5 Å². The summed E-state index contributed by atoms with van der Waals surface area (Å²) in [5.41, 5.74) is 8.63. The molecule has 0 saturated carbocycles. The van der Waals surface area contributed by atoms with Gasteiger partial charge in [-0.05, 0) is 46.0 Å². The van der Waals surface area contributed by atoms with Gasteiger partial charge >= 0.3 is 0 Å². The Morgan fingerprint density at radius 3 is 1.63 bits per heavy atom. The summed E-state index contributed by atoms with van der Waals surface area (Å²) in [5, 5.41) is 25.9. The summed E-state index contributed by atoms with van der Waals surface area (Å²) in [7, 11) is -20.7. The number of phenolic OH excluding ortho intramolecular Hbond substituents is 1. The van der Waals surface area contributed by atoms with E-state index in [1.165, 1.54) is 42.5 Å². The van der Waals surface area contributed by atoms with Gasteiger partial charge in [0.1, 0.15) is 42.3 Å². The second-order valence-electron chi connectivity index (χ2n) is 11.4. The molecule has 0 spiro atoms. The Kier molecular flexibility index (Phi) is 9.50. The summed E-state index contributed by atoms with van der Waals surface area (Å²) >= 11 is 0. The van der Waals surface area contributed by atoms with Gasteiger partial charge in [-0.1, -0.05) is 54.6 Å². The molecule has 6 aromatic carbocycles. The van der Waals surface area contributed by atoms with E-state index in [-0.39, 0.29) is 17.3 Å². The van der Waals surface area contributed by atoms with Crippen molar-refractivity contribution in [3.8, 4) is 5.75 Å². The Balaban J connectivity index is 1.63. The lowest BCUT2D eigenvalue weighted by Gasteiger charge is -2.14. The van der Waals surface area contributed by atoms with Gasteiger partial charge in [0.2, 0.25) is 0 Å². The highest BCUT2D eigenvalue weighted by atomic mass is 32.2. The number of nitrogens with zero attached hydrogens (tertiary/aromatic N) is 4. The first-order chi connectivity index (χ1) is 25.1. The van der Waals surface area contributed by atoms with Gasteiger partial charge in [-0.2, -0.15) is 33.7 Å². The minimum absolute atomic E-state index is 0.00622. The Bertz CT molecular complexity index is 3120. The van der Waals surface area contributed by atoms with Gasteiger partial charge in [-0.3, -0.25) is 18.2 Å². The van der Waals surface area contributed by atoms with Crippen LogP contribution in [0.5, 0.6) is 5.75 Å². The molecular formula is C31H24N6O13S4. The summed E-state index contributed by atoms with van der Waals surface area (Å²) in [6.07, 6.45) is 0. The lowest BCUT2D eigenvalue weighted by molar-refractivity contribution is 0.472. The van der Waals surface area contributed by atoms with Gasteiger partial charge in [-0.15, -0.1) is 20.5 Å². The number of anilines is 1. The van der Waals surface area contributed by atoms with Gasteiger partial charge in [0, 0.05) is 17.3 Å². The highest BCUT2D eigenvalue weighted by Gasteiger charge is 2.29. The normalized spacial score (nSPS) is 13.2. The molecule has 23 heteroatoms. The molecule has 0 bridgehead atoms. The van der Waals surface area contributed by atoms with Crippen molar-refractivity contribution in [1.29, 1.82) is 0 Å². The fourth-order valence-corrected chi connectivity index (χ4v) is 8.80. The third-order valence-electron chi connectivity index (χ3n) is 8.06. The van der Waals surface area contributed by atoms with E-state index in [0.717, 1.165) is 12.1 Å². The van der Waals surface area contributed by atoms with Gasteiger partial charge in [0.15, 0.2) is 5.75 Å². The van der Waals surface area contributed by atoms with E-state index in [1.54, 1.807) is 12.1 Å². The molecule has 0 unspecified atom stereocenters. The van der Waals surface area contributed by atoms with Gasteiger partial charge < -0.3 is 16.6 Å².